The van der Waals surface area contributed by atoms with E-state index in [-0.39, 0.29) is 41.7 Å². The maximum atomic E-state index is 13.3. The number of carbonyl (C=O) groups is 1. The van der Waals surface area contributed by atoms with Crippen molar-refractivity contribution in [1.82, 2.24) is 10.2 Å². The molecule has 0 radical (unpaired) electrons. The Labute approximate surface area is 183 Å². The summed E-state index contributed by atoms with van der Waals surface area (Å²) in [6.45, 7) is 3.08. The molecule has 2 aromatic carbocycles. The molecule has 1 aromatic heterocycles. The van der Waals surface area contributed by atoms with E-state index in [1.807, 2.05) is 6.92 Å². The molecule has 6 nitrogen and oxygen atoms in total. The van der Waals surface area contributed by atoms with Gasteiger partial charge in [0.25, 0.3) is 0 Å². The average Bonchev–Trinajstić information content (AvgIpc) is 3.15. The standard InChI is InChI=1S/C23H24F3N3O3/c1-13-11-28-29-22(13)18(8-14(2)30)15-5-7-20(21(9-15)31-3)32-12-16-4-6-17(27)10-19(16)23(24,25)26/h4-7,9-11,18H,8,12,27H2,1-3H3,(H,28,29). The minimum atomic E-state index is -4.55. The normalized spacial score (nSPS) is 12.4. The van der Waals surface area contributed by atoms with Crippen LogP contribution < -0.4 is 15.2 Å². The van der Waals surface area contributed by atoms with Gasteiger partial charge < -0.3 is 15.2 Å². The van der Waals surface area contributed by atoms with E-state index in [4.69, 9.17) is 15.2 Å². The number of aryl methyl sites for hydroxylation is 1. The van der Waals surface area contributed by atoms with Crippen LogP contribution >= 0.6 is 0 Å². The molecule has 0 saturated carbocycles. The fourth-order valence-corrected chi connectivity index (χ4v) is 3.53. The van der Waals surface area contributed by atoms with E-state index in [1.54, 1.807) is 24.4 Å². The quantitative estimate of drug-likeness (QED) is 0.474. The number of halogens is 3. The van der Waals surface area contributed by atoms with E-state index in [9.17, 15) is 18.0 Å². The van der Waals surface area contributed by atoms with Crippen LogP contribution in [0.3, 0.4) is 0 Å². The number of ether oxygens (including phenoxy) is 2. The molecule has 32 heavy (non-hydrogen) atoms. The second-order valence-electron chi connectivity index (χ2n) is 7.53. The number of ketones is 1. The number of H-pyrrole nitrogens is 1. The number of Topliss-reactive ketones (excluding diaryl/α,β-unsaturated/α-hetero) is 1. The molecule has 9 heteroatoms. The Morgan fingerprint density at radius 1 is 1.19 bits per heavy atom. The zero-order valence-corrected chi connectivity index (χ0v) is 17.9. The van der Waals surface area contributed by atoms with E-state index in [0.717, 1.165) is 22.9 Å². The first kappa shape index (κ1) is 23.2. The molecule has 0 aliphatic rings. The summed E-state index contributed by atoms with van der Waals surface area (Å²) < 4.78 is 51.1. The summed E-state index contributed by atoms with van der Waals surface area (Å²) in [5.74, 6) is 0.324. The van der Waals surface area contributed by atoms with Crippen molar-refractivity contribution in [3.8, 4) is 11.5 Å². The number of nitrogens with two attached hydrogens (primary N) is 1. The fraction of sp³-hybridized carbons (Fsp3) is 0.304. The lowest BCUT2D eigenvalue weighted by Gasteiger charge is -2.19. The number of nitrogens with zero attached hydrogens (tertiary/aromatic N) is 1. The Morgan fingerprint density at radius 3 is 2.53 bits per heavy atom. The molecule has 1 heterocycles. The van der Waals surface area contributed by atoms with E-state index in [2.05, 4.69) is 10.2 Å². The molecule has 0 aliphatic carbocycles. The smallest absolute Gasteiger partial charge is 0.416 e. The van der Waals surface area contributed by atoms with Crippen molar-refractivity contribution in [3.63, 3.8) is 0 Å². The molecule has 0 aliphatic heterocycles. The first-order valence-electron chi connectivity index (χ1n) is 9.86. The summed E-state index contributed by atoms with van der Waals surface area (Å²) >= 11 is 0. The van der Waals surface area contributed by atoms with Gasteiger partial charge in [-0.3, -0.25) is 9.89 Å². The topological polar surface area (TPSA) is 90.2 Å². The number of carbonyl (C=O) groups excluding carboxylic acids is 1. The Bertz CT molecular complexity index is 1110. The maximum Gasteiger partial charge on any atom is 0.416 e. The first-order chi connectivity index (χ1) is 15.1. The van der Waals surface area contributed by atoms with Crippen LogP contribution in [0.2, 0.25) is 0 Å². The predicted octanol–water partition coefficient (Wildman–Crippen LogP) is 5.02. The summed E-state index contributed by atoms with van der Waals surface area (Å²) in [4.78, 5) is 11.9. The SMILES string of the molecule is COc1cc(C(CC(C)=O)c2n[nH]cc2C)ccc1OCc1ccc(N)cc1C(F)(F)F. The molecule has 0 saturated heterocycles. The molecule has 1 atom stereocenters. The molecule has 1 unspecified atom stereocenters. The highest BCUT2D eigenvalue weighted by atomic mass is 19.4. The Kier molecular flexibility index (Phi) is 6.76. The molecule has 3 aromatic rings. The number of anilines is 1. The van der Waals surface area contributed by atoms with Crippen molar-refractivity contribution >= 4 is 11.5 Å². The number of nitrogen functional groups attached to an aromatic ring is 1. The van der Waals surface area contributed by atoms with E-state index >= 15 is 0 Å². The predicted molar refractivity (Wildman–Crippen MR) is 114 cm³/mol. The Hall–Kier alpha value is -3.49. The van der Waals surface area contributed by atoms with Gasteiger partial charge in [0.1, 0.15) is 12.4 Å². The van der Waals surface area contributed by atoms with Crippen molar-refractivity contribution in [2.75, 3.05) is 12.8 Å². The van der Waals surface area contributed by atoms with Crippen LogP contribution in [-0.4, -0.2) is 23.1 Å². The van der Waals surface area contributed by atoms with Crippen LogP contribution in [0.4, 0.5) is 18.9 Å². The van der Waals surface area contributed by atoms with E-state index < -0.39 is 11.7 Å². The van der Waals surface area contributed by atoms with Crippen LogP contribution in [0.15, 0.2) is 42.6 Å². The highest BCUT2D eigenvalue weighted by molar-refractivity contribution is 5.77. The van der Waals surface area contributed by atoms with Gasteiger partial charge in [-0.25, -0.2) is 0 Å². The minimum absolute atomic E-state index is 0.000255. The van der Waals surface area contributed by atoms with E-state index in [1.165, 1.54) is 26.2 Å². The number of benzene rings is 2. The third-order valence-corrected chi connectivity index (χ3v) is 5.10. The first-order valence-corrected chi connectivity index (χ1v) is 9.86. The van der Waals surface area contributed by atoms with Gasteiger partial charge in [-0.2, -0.15) is 18.3 Å². The largest absolute Gasteiger partial charge is 0.493 e. The molecule has 0 spiro atoms. The number of alkyl halides is 3. The number of nitrogens with one attached hydrogen (secondary N) is 1. The van der Waals surface area contributed by atoms with Gasteiger partial charge in [-0.15, -0.1) is 0 Å². The van der Waals surface area contributed by atoms with Gasteiger partial charge >= 0.3 is 6.18 Å². The molecule has 0 amide bonds. The van der Waals surface area contributed by atoms with Crippen LogP contribution in [0.1, 0.15) is 47.2 Å². The Balaban J connectivity index is 1.89. The van der Waals surface area contributed by atoms with Crippen LogP contribution in [0, 0.1) is 6.92 Å². The lowest BCUT2D eigenvalue weighted by molar-refractivity contribution is -0.138. The number of aromatic amines is 1. The third-order valence-electron chi connectivity index (χ3n) is 5.10. The number of aromatic nitrogens is 2. The average molecular weight is 447 g/mol. The van der Waals surface area contributed by atoms with E-state index in [0.29, 0.717) is 5.75 Å². The lowest BCUT2D eigenvalue weighted by Crippen LogP contribution is -2.12. The summed E-state index contributed by atoms with van der Waals surface area (Å²) in [5, 5.41) is 7.08. The summed E-state index contributed by atoms with van der Waals surface area (Å²) in [5.41, 5.74) is 7.09. The number of hydrogen-bond acceptors (Lipinski definition) is 5. The maximum absolute atomic E-state index is 13.3. The van der Waals surface area contributed by atoms with Crippen LogP contribution in [-0.2, 0) is 17.6 Å². The highest BCUT2D eigenvalue weighted by Gasteiger charge is 2.33. The van der Waals surface area contributed by atoms with Gasteiger partial charge in [-0.05, 0) is 49.2 Å². The molecule has 3 rings (SSSR count). The summed E-state index contributed by atoms with van der Waals surface area (Å²) in [6, 6.07) is 8.67. The summed E-state index contributed by atoms with van der Waals surface area (Å²) in [6.07, 6.45) is -2.55. The van der Waals surface area contributed by atoms with Crippen molar-refractivity contribution in [1.29, 1.82) is 0 Å². The third kappa shape index (κ3) is 5.22. The van der Waals surface area contributed by atoms with Crippen molar-refractivity contribution in [3.05, 3.63) is 70.5 Å². The number of hydrogen-bond donors (Lipinski definition) is 2. The molecular weight excluding hydrogens is 423 g/mol. The summed E-state index contributed by atoms with van der Waals surface area (Å²) in [7, 11) is 1.44. The minimum Gasteiger partial charge on any atom is -0.493 e. The molecular formula is C23H24F3N3O3. The zero-order valence-electron chi connectivity index (χ0n) is 17.9. The van der Waals surface area contributed by atoms with Gasteiger partial charge in [0.05, 0.1) is 18.4 Å². The second kappa shape index (κ2) is 9.33. The van der Waals surface area contributed by atoms with Gasteiger partial charge in [-0.1, -0.05) is 12.1 Å². The molecule has 170 valence electrons. The Morgan fingerprint density at radius 2 is 1.94 bits per heavy atom. The van der Waals surface area contributed by atoms with Crippen molar-refractivity contribution in [2.45, 2.75) is 39.0 Å². The fourth-order valence-electron chi connectivity index (χ4n) is 3.53. The lowest BCUT2D eigenvalue weighted by atomic mass is 9.89. The van der Waals surface area contributed by atoms with Crippen molar-refractivity contribution in [2.24, 2.45) is 0 Å². The van der Waals surface area contributed by atoms with Crippen LogP contribution in [0.5, 0.6) is 11.5 Å². The van der Waals surface area contributed by atoms with Gasteiger partial charge in [0.2, 0.25) is 0 Å². The van der Waals surface area contributed by atoms with Gasteiger partial charge in [0, 0.05) is 29.8 Å². The monoisotopic (exact) mass is 447 g/mol. The van der Waals surface area contributed by atoms with Crippen molar-refractivity contribution < 1.29 is 27.4 Å². The molecule has 0 bridgehead atoms. The van der Waals surface area contributed by atoms with Crippen LogP contribution in [0.25, 0.3) is 0 Å². The molecule has 3 N–H and O–H groups in total. The molecule has 0 fully saturated rings. The number of methoxy groups -OCH3 is 1. The second-order valence-corrected chi connectivity index (χ2v) is 7.53. The zero-order chi connectivity index (χ0) is 23.5. The number of rotatable bonds is 8. The van der Waals surface area contributed by atoms with Gasteiger partial charge in [0.15, 0.2) is 11.5 Å². The highest BCUT2D eigenvalue weighted by Crippen LogP contribution is 2.37.